The normalized spacial score (nSPS) is 15.3. The number of methoxy groups -OCH3 is 2. The van der Waals surface area contributed by atoms with Crippen molar-refractivity contribution in [3.8, 4) is 23.0 Å². The number of carboxylic acid groups (broad SMARTS) is 2. The van der Waals surface area contributed by atoms with Gasteiger partial charge in [0.05, 0.1) is 19.9 Å². The van der Waals surface area contributed by atoms with Gasteiger partial charge < -0.3 is 44.3 Å². The molecule has 0 radical (unpaired) electrons. The van der Waals surface area contributed by atoms with E-state index in [1.54, 1.807) is 14.2 Å². The quantitative estimate of drug-likeness (QED) is 0.225. The summed E-state index contributed by atoms with van der Waals surface area (Å²) in [6, 6.07) is 7.82. The maximum Gasteiger partial charge on any atom is 0.414 e. The maximum absolute atomic E-state index is 9.10. The zero-order chi connectivity index (χ0) is 27.9. The van der Waals surface area contributed by atoms with Gasteiger partial charge in [-0.2, -0.15) is 0 Å². The van der Waals surface area contributed by atoms with Crippen molar-refractivity contribution in [2.75, 3.05) is 34.1 Å². The molecule has 13 heteroatoms. The summed E-state index contributed by atoms with van der Waals surface area (Å²) in [6.45, 7) is 1.66. The average Bonchev–Trinajstić information content (AvgIpc) is 3.67. The van der Waals surface area contributed by atoms with Gasteiger partial charge >= 0.3 is 11.9 Å². The Hall–Kier alpha value is -4.16. The number of halogens is 1. The summed E-state index contributed by atoms with van der Waals surface area (Å²) >= 11 is 6.14. The highest BCUT2D eigenvalue weighted by molar-refractivity contribution is 6.31. The molecule has 1 unspecified atom stereocenters. The number of nitrogens with one attached hydrogen (secondary N) is 2. The minimum Gasteiger partial charge on any atom is -0.493 e. The largest absolute Gasteiger partial charge is 0.493 e. The lowest BCUT2D eigenvalue weighted by molar-refractivity contribution is -0.159. The molecule has 0 saturated carbocycles. The third-order valence-electron chi connectivity index (χ3n) is 6.12. The molecule has 0 spiro atoms. The summed E-state index contributed by atoms with van der Waals surface area (Å²) in [4.78, 5) is 27.2. The van der Waals surface area contributed by atoms with Gasteiger partial charge in [0.1, 0.15) is 6.10 Å². The number of H-pyrrole nitrogens is 1. The Bertz CT molecular complexity index is 1380. The monoisotopic (exact) mass is 561 g/mol. The van der Waals surface area contributed by atoms with Crippen LogP contribution in [-0.4, -0.2) is 73.1 Å². The van der Waals surface area contributed by atoms with Crippen molar-refractivity contribution in [2.45, 2.75) is 25.4 Å². The first kappa shape index (κ1) is 27.9. The van der Waals surface area contributed by atoms with Gasteiger partial charge in [0, 0.05) is 47.1 Å². The van der Waals surface area contributed by atoms with Crippen LogP contribution in [0.3, 0.4) is 0 Å². The molecule has 0 saturated heterocycles. The van der Waals surface area contributed by atoms with Gasteiger partial charge in [-0.25, -0.2) is 9.59 Å². The van der Waals surface area contributed by atoms with Crippen molar-refractivity contribution in [1.82, 2.24) is 10.3 Å². The number of nitrogens with zero attached hydrogens (tertiary/aromatic N) is 1. The molecule has 2 aliphatic heterocycles. The van der Waals surface area contributed by atoms with E-state index in [0.29, 0.717) is 36.0 Å². The highest BCUT2D eigenvalue weighted by Gasteiger charge is 2.30. The predicted octanol–water partition coefficient (Wildman–Crippen LogP) is 3.24. The van der Waals surface area contributed by atoms with Crippen LogP contribution in [0, 0.1) is 0 Å². The molecule has 3 aromatic rings. The van der Waals surface area contributed by atoms with Gasteiger partial charge in [0.2, 0.25) is 18.3 Å². The van der Waals surface area contributed by atoms with Crippen LogP contribution in [-0.2, 0) is 27.3 Å². The van der Waals surface area contributed by atoms with E-state index in [2.05, 4.69) is 15.5 Å². The molecule has 1 atom stereocenters. The summed E-state index contributed by atoms with van der Waals surface area (Å²) in [5, 5.41) is 24.4. The number of aromatic amines is 1. The summed E-state index contributed by atoms with van der Waals surface area (Å²) in [5.41, 5.74) is 4.27. The fraction of sp³-hybridized carbons (Fsp3) is 0.346. The van der Waals surface area contributed by atoms with Crippen LogP contribution >= 0.6 is 11.6 Å². The van der Waals surface area contributed by atoms with Gasteiger partial charge in [-0.05, 0) is 42.8 Å². The smallest absolute Gasteiger partial charge is 0.414 e. The van der Waals surface area contributed by atoms with Crippen molar-refractivity contribution >= 4 is 40.2 Å². The summed E-state index contributed by atoms with van der Waals surface area (Å²) < 4.78 is 22.2. The Balaban J connectivity index is 0.000000531. The van der Waals surface area contributed by atoms with Crippen molar-refractivity contribution in [1.29, 1.82) is 0 Å². The van der Waals surface area contributed by atoms with Crippen LogP contribution in [0.5, 0.6) is 23.0 Å². The number of aliphatic carboxylic acids is 2. The lowest BCUT2D eigenvalue weighted by Gasteiger charge is -2.15. The van der Waals surface area contributed by atoms with Crippen LogP contribution < -0.4 is 24.3 Å². The molecule has 1 aromatic heterocycles. The van der Waals surface area contributed by atoms with E-state index < -0.39 is 11.9 Å². The van der Waals surface area contributed by atoms with E-state index in [1.807, 2.05) is 30.5 Å². The fourth-order valence-electron chi connectivity index (χ4n) is 4.35. The number of hydrogen-bond donors (Lipinski definition) is 4. The minimum atomic E-state index is -1.82. The molecule has 0 aliphatic carbocycles. The number of hydrogen-bond acceptors (Lipinski definition) is 9. The van der Waals surface area contributed by atoms with Gasteiger partial charge in [-0.1, -0.05) is 16.8 Å². The maximum atomic E-state index is 9.10. The van der Waals surface area contributed by atoms with Crippen molar-refractivity contribution in [3.05, 3.63) is 46.6 Å². The summed E-state index contributed by atoms with van der Waals surface area (Å²) in [6.07, 6.45) is 4.24. The molecule has 2 aromatic carbocycles. The van der Waals surface area contributed by atoms with Gasteiger partial charge in [0.15, 0.2) is 11.5 Å². The number of oxime groups is 1. The fourth-order valence-corrected chi connectivity index (χ4v) is 4.52. The van der Waals surface area contributed by atoms with E-state index in [1.165, 1.54) is 10.9 Å². The van der Waals surface area contributed by atoms with Gasteiger partial charge in [0.25, 0.3) is 0 Å². The Morgan fingerprint density at radius 2 is 1.90 bits per heavy atom. The van der Waals surface area contributed by atoms with Gasteiger partial charge in [-0.3, -0.25) is 0 Å². The van der Waals surface area contributed by atoms with Crippen LogP contribution in [0.1, 0.15) is 17.5 Å². The average molecular weight is 562 g/mol. The molecule has 3 heterocycles. The third kappa shape index (κ3) is 6.65. The zero-order valence-corrected chi connectivity index (χ0v) is 22.0. The molecule has 2 aliphatic rings. The van der Waals surface area contributed by atoms with Gasteiger partial charge in [-0.15, -0.1) is 0 Å². The molecular weight excluding hydrogens is 534 g/mol. The van der Waals surface area contributed by atoms with Crippen molar-refractivity contribution < 1.29 is 43.6 Å². The number of carbonyl (C=O) groups is 2. The number of fused-ring (bicyclic) bond motifs is 2. The first-order valence-corrected chi connectivity index (χ1v) is 12.4. The Kier molecular flexibility index (Phi) is 8.99. The lowest BCUT2D eigenvalue weighted by Crippen LogP contribution is -2.25. The highest BCUT2D eigenvalue weighted by Crippen LogP contribution is 2.50. The molecule has 208 valence electrons. The predicted molar refractivity (Wildman–Crippen MR) is 141 cm³/mol. The standard InChI is InChI=1S/C24H26ClN3O5.C2H2O4/c1-29-21-8-15(22(30-2)24-23(21)31-13-32-24)7-18-10-17(28-33-18)12-26-6-5-14-11-27-20-4-3-16(25)9-19(14)20;3-1(4)2(5)6/h3-4,8-9,11,18,26-27H,5-7,10,12-13H2,1-2H3;(H,3,4)(H,5,6). The Labute approximate surface area is 228 Å². The van der Waals surface area contributed by atoms with E-state index in [4.69, 9.17) is 55.2 Å². The number of ether oxygens (including phenoxy) is 4. The molecule has 5 rings (SSSR count). The second kappa shape index (κ2) is 12.6. The SMILES string of the molecule is COc1cc(CC2CC(CNCCc3c[nH]c4ccc(Cl)cc34)=NO2)c(OC)c2c1OCO2.O=C(O)C(=O)O. The van der Waals surface area contributed by atoms with Crippen LogP contribution in [0.4, 0.5) is 0 Å². The van der Waals surface area contributed by atoms with Crippen LogP contribution in [0.2, 0.25) is 5.02 Å². The third-order valence-corrected chi connectivity index (χ3v) is 6.35. The molecule has 4 N–H and O–H groups in total. The molecular formula is C26H28ClN3O9. The number of carboxylic acids is 2. The van der Waals surface area contributed by atoms with Crippen molar-refractivity contribution in [3.63, 3.8) is 0 Å². The molecule has 12 nitrogen and oxygen atoms in total. The first-order valence-electron chi connectivity index (χ1n) is 12.0. The number of benzene rings is 2. The zero-order valence-electron chi connectivity index (χ0n) is 21.3. The number of aromatic nitrogens is 1. The van der Waals surface area contributed by atoms with E-state index in [9.17, 15) is 0 Å². The summed E-state index contributed by atoms with van der Waals surface area (Å²) in [7, 11) is 3.23. The van der Waals surface area contributed by atoms with Crippen LogP contribution in [0.15, 0.2) is 35.6 Å². The first-order chi connectivity index (χ1) is 18.8. The van der Waals surface area contributed by atoms with E-state index in [-0.39, 0.29) is 12.9 Å². The van der Waals surface area contributed by atoms with Crippen molar-refractivity contribution in [2.24, 2.45) is 5.16 Å². The minimum absolute atomic E-state index is 0.0727. The molecule has 39 heavy (non-hydrogen) atoms. The molecule has 0 fully saturated rings. The van der Waals surface area contributed by atoms with E-state index in [0.717, 1.165) is 41.2 Å². The van der Waals surface area contributed by atoms with E-state index >= 15 is 0 Å². The Morgan fingerprint density at radius 3 is 2.62 bits per heavy atom. The molecule has 0 amide bonds. The highest BCUT2D eigenvalue weighted by atomic mass is 35.5. The second-order valence-corrected chi connectivity index (χ2v) is 9.11. The molecule has 0 bridgehead atoms. The lowest BCUT2D eigenvalue weighted by atomic mass is 10.0. The topological polar surface area (TPSA) is 161 Å². The van der Waals surface area contributed by atoms with Crippen LogP contribution in [0.25, 0.3) is 10.9 Å². The summed E-state index contributed by atoms with van der Waals surface area (Å²) in [5.74, 6) is -1.23. The number of rotatable bonds is 9. The Morgan fingerprint density at radius 1 is 1.13 bits per heavy atom. The second-order valence-electron chi connectivity index (χ2n) is 8.67.